The number of ether oxygens (including phenoxy) is 5. The van der Waals surface area contributed by atoms with Crippen LogP contribution in [0.25, 0.3) is 0 Å². The minimum Gasteiger partial charge on any atom is -0.396 e. The molecule has 0 aromatic carbocycles. The Bertz CT molecular complexity index is 1640. The third-order valence-corrected chi connectivity index (χ3v) is 18.7. The highest BCUT2D eigenvalue weighted by Crippen LogP contribution is 2.76. The Kier molecular flexibility index (Phi) is 15.4. The van der Waals surface area contributed by atoms with Gasteiger partial charge in [0, 0.05) is 12.0 Å². The van der Waals surface area contributed by atoms with Gasteiger partial charge >= 0.3 is 0 Å². The summed E-state index contributed by atoms with van der Waals surface area (Å²) in [6.07, 6.45) is -15.3. The summed E-state index contributed by atoms with van der Waals surface area (Å²) in [7, 11) is 0. The molecule has 4 saturated carbocycles. The summed E-state index contributed by atoms with van der Waals surface area (Å²) in [6.45, 7) is 10.7. The number of aliphatic hydroxyl groups is 13. The van der Waals surface area contributed by atoms with Crippen molar-refractivity contribution >= 4 is 0 Å². The molecule has 24 atom stereocenters. The second kappa shape index (κ2) is 19.3. The van der Waals surface area contributed by atoms with Crippen LogP contribution in [0.3, 0.4) is 0 Å². The van der Waals surface area contributed by atoms with Crippen LogP contribution in [-0.2, 0) is 23.7 Å². The summed E-state index contributed by atoms with van der Waals surface area (Å²) in [6, 6.07) is 0. The number of fused-ring (bicyclic) bond motifs is 5. The largest absolute Gasteiger partial charge is 0.396 e. The third-order valence-electron chi connectivity index (χ3n) is 18.7. The molecule has 7 rings (SSSR count). The van der Waals surface area contributed by atoms with Gasteiger partial charge in [0.05, 0.1) is 31.5 Å². The molecule has 3 heterocycles. The molecule has 0 aromatic heterocycles. The molecular weight excluding hydrogens is 852 g/mol. The SMILES string of the molecule is CC(C)=CCCC(O)(C1CCC2(C)C1CCC1C3(CO)CCC(O[C@@H]4O[C@H](CO)[C@@H](O)[C@H](O)[C@H]4O[C@@H]4O[C@H](CO)[C@@H](O)[C@H](O)[C@H]4O)C(C)(C)C3CCC12C)[C@H]1O[C@H](CO)[C@@H](O)[C@H](O)[C@H]1O. The lowest BCUT2D eigenvalue weighted by molar-refractivity contribution is -0.379. The molecule has 0 amide bonds. The van der Waals surface area contributed by atoms with Crippen molar-refractivity contribution < 1.29 is 90.1 Å². The van der Waals surface area contributed by atoms with Crippen LogP contribution in [0.2, 0.25) is 0 Å². The zero-order valence-electron chi connectivity index (χ0n) is 38.9. The monoisotopic (exact) mass is 933 g/mol. The minimum absolute atomic E-state index is 0.0156. The summed E-state index contributed by atoms with van der Waals surface area (Å²) < 4.78 is 30.5. The third kappa shape index (κ3) is 8.41. The van der Waals surface area contributed by atoms with E-state index in [2.05, 4.69) is 27.7 Å². The van der Waals surface area contributed by atoms with E-state index >= 15 is 0 Å². The molecule has 18 heteroatoms. The van der Waals surface area contributed by atoms with Crippen LogP contribution in [0.5, 0.6) is 0 Å². The highest BCUT2D eigenvalue weighted by atomic mass is 16.8. The van der Waals surface area contributed by atoms with Gasteiger partial charge in [-0.3, -0.25) is 0 Å². The van der Waals surface area contributed by atoms with Crippen molar-refractivity contribution in [1.29, 1.82) is 0 Å². The Morgan fingerprint density at radius 2 is 1.17 bits per heavy atom. The first kappa shape index (κ1) is 51.9. The van der Waals surface area contributed by atoms with E-state index in [1.165, 1.54) is 0 Å². The highest BCUT2D eigenvalue weighted by Gasteiger charge is 2.72. The van der Waals surface area contributed by atoms with Crippen molar-refractivity contribution in [3.8, 4) is 0 Å². The molecule has 0 bridgehead atoms. The molecule has 4 aliphatic carbocycles. The number of hydrogen-bond donors (Lipinski definition) is 13. The zero-order valence-corrected chi connectivity index (χ0v) is 38.9. The maximum atomic E-state index is 13.1. The zero-order chi connectivity index (χ0) is 47.8. The van der Waals surface area contributed by atoms with E-state index in [0.29, 0.717) is 25.7 Å². The van der Waals surface area contributed by atoms with Gasteiger partial charge in [-0.25, -0.2) is 0 Å². The van der Waals surface area contributed by atoms with Gasteiger partial charge in [-0.2, -0.15) is 0 Å². The van der Waals surface area contributed by atoms with E-state index in [1.807, 2.05) is 19.9 Å². The Morgan fingerprint density at radius 1 is 0.600 bits per heavy atom. The fourth-order valence-electron chi connectivity index (χ4n) is 15.0. The van der Waals surface area contributed by atoms with Crippen molar-refractivity contribution in [3.05, 3.63) is 11.6 Å². The first-order valence-corrected chi connectivity index (χ1v) is 24.0. The van der Waals surface area contributed by atoms with E-state index in [0.717, 1.165) is 37.7 Å². The van der Waals surface area contributed by atoms with Crippen LogP contribution in [0.4, 0.5) is 0 Å². The van der Waals surface area contributed by atoms with Crippen LogP contribution in [0.15, 0.2) is 11.6 Å². The molecule has 3 aliphatic heterocycles. The van der Waals surface area contributed by atoms with Crippen molar-refractivity contribution in [2.75, 3.05) is 26.4 Å². The molecule has 13 N–H and O–H groups in total. The molecule has 0 aromatic rings. The Morgan fingerprint density at radius 3 is 1.77 bits per heavy atom. The second-order valence-corrected chi connectivity index (χ2v) is 22.2. The molecular formula is C47H80O18. The molecule has 0 spiro atoms. The predicted molar refractivity (Wildman–Crippen MR) is 229 cm³/mol. The van der Waals surface area contributed by atoms with E-state index in [9.17, 15) is 66.4 Å². The molecule has 18 nitrogen and oxygen atoms in total. The quantitative estimate of drug-likeness (QED) is 0.0776. The molecule has 376 valence electrons. The van der Waals surface area contributed by atoms with Crippen molar-refractivity contribution in [3.63, 3.8) is 0 Å². The van der Waals surface area contributed by atoms with Gasteiger partial charge in [0.25, 0.3) is 0 Å². The van der Waals surface area contributed by atoms with Gasteiger partial charge in [-0.05, 0) is 118 Å². The fraction of sp³-hybridized carbons (Fsp3) is 0.957. The van der Waals surface area contributed by atoms with Crippen LogP contribution in [0.1, 0.15) is 106 Å². The summed E-state index contributed by atoms with van der Waals surface area (Å²) in [5, 5.41) is 142. The summed E-state index contributed by atoms with van der Waals surface area (Å²) in [4.78, 5) is 0. The number of hydrogen-bond acceptors (Lipinski definition) is 18. The molecule has 0 radical (unpaired) electrons. The Balaban J connectivity index is 1.14. The van der Waals surface area contributed by atoms with Gasteiger partial charge in [-0.1, -0.05) is 39.3 Å². The maximum absolute atomic E-state index is 13.1. The normalized spacial score (nSPS) is 51.9. The lowest BCUT2D eigenvalue weighted by atomic mass is 9.35. The molecule has 7 fully saturated rings. The fourth-order valence-corrected chi connectivity index (χ4v) is 15.0. The molecule has 7 aliphatic rings. The van der Waals surface area contributed by atoms with Gasteiger partial charge < -0.3 is 90.1 Å². The summed E-state index contributed by atoms with van der Waals surface area (Å²) >= 11 is 0. The average Bonchev–Trinajstić information content (AvgIpc) is 3.64. The maximum Gasteiger partial charge on any atom is 0.187 e. The molecule has 65 heavy (non-hydrogen) atoms. The summed E-state index contributed by atoms with van der Waals surface area (Å²) in [5.41, 5.74) is -2.32. The van der Waals surface area contributed by atoms with Crippen molar-refractivity contribution in [2.24, 2.45) is 45.3 Å². The van der Waals surface area contributed by atoms with Crippen LogP contribution < -0.4 is 0 Å². The van der Waals surface area contributed by atoms with Crippen LogP contribution in [0, 0.1) is 45.3 Å². The lowest BCUT2D eigenvalue weighted by Crippen LogP contribution is -2.69. The predicted octanol–water partition coefficient (Wildman–Crippen LogP) is -1.03. The summed E-state index contributed by atoms with van der Waals surface area (Å²) in [5.74, 6) is -0.361. The van der Waals surface area contributed by atoms with E-state index in [4.69, 9.17) is 23.7 Å². The highest BCUT2D eigenvalue weighted by molar-refractivity contribution is 5.21. The van der Waals surface area contributed by atoms with Crippen molar-refractivity contribution in [1.82, 2.24) is 0 Å². The van der Waals surface area contributed by atoms with Gasteiger partial charge in [-0.15, -0.1) is 0 Å². The van der Waals surface area contributed by atoms with Crippen LogP contribution in [-0.4, -0.2) is 196 Å². The van der Waals surface area contributed by atoms with Crippen molar-refractivity contribution in [2.45, 2.75) is 209 Å². The number of allylic oxidation sites excluding steroid dienone is 2. The average molecular weight is 933 g/mol. The Hall–Kier alpha value is -0.980. The molecule has 9 unspecified atom stereocenters. The number of rotatable bonds is 13. The van der Waals surface area contributed by atoms with Crippen LogP contribution >= 0.6 is 0 Å². The van der Waals surface area contributed by atoms with Gasteiger partial charge in [0.1, 0.15) is 79.4 Å². The standard InChI is InChI=1S/C47H80O18/c1-22(2)8-7-14-47(60,40-37(58)34(55)31(52)25(18-48)61-40)24-11-15-44(5)23(24)9-10-29-45(44,6)16-12-28-43(3,4)30(13-17-46(28,29)21-51)64-42-39(36(57)33(54)27(20-50)63-42)65-41-38(59)35(56)32(53)26(19-49)62-41/h8,23-42,48-60H,7,9-21H2,1-6H3/t23?,24?,25-,26-,27-,28?,29?,30?,31-,32-,33-,34+,35+,36+,37-,38-,39-,40+,41+,42+,44?,45?,46?,47?/m1/s1. The minimum atomic E-state index is -1.81. The van der Waals surface area contributed by atoms with E-state index in [1.54, 1.807) is 0 Å². The first-order chi connectivity index (χ1) is 30.5. The topological polar surface area (TPSA) is 309 Å². The smallest absolute Gasteiger partial charge is 0.187 e. The second-order valence-electron chi connectivity index (χ2n) is 22.2. The van der Waals surface area contributed by atoms with Gasteiger partial charge in [0.2, 0.25) is 0 Å². The Labute approximate surface area is 382 Å². The first-order valence-electron chi connectivity index (χ1n) is 24.0. The van der Waals surface area contributed by atoms with E-state index < -0.39 is 134 Å². The van der Waals surface area contributed by atoms with Gasteiger partial charge in [0.15, 0.2) is 12.6 Å². The molecule has 3 saturated heterocycles. The van der Waals surface area contributed by atoms with E-state index in [-0.39, 0.29) is 47.5 Å². The lowest BCUT2D eigenvalue weighted by Gasteiger charge is -2.70. The number of aliphatic hydroxyl groups excluding tert-OH is 12.